The molecule has 2 aliphatic heterocycles. The first-order valence-electron chi connectivity index (χ1n) is 6.97. The van der Waals surface area contributed by atoms with Crippen LogP contribution in [0.2, 0.25) is 0 Å². The summed E-state index contributed by atoms with van der Waals surface area (Å²) >= 11 is 0. The Morgan fingerprint density at radius 3 is 2.95 bits per heavy atom. The van der Waals surface area contributed by atoms with Crippen LogP contribution in [-0.4, -0.2) is 38.6 Å². The van der Waals surface area contributed by atoms with Gasteiger partial charge in [0.05, 0.1) is 11.6 Å². The van der Waals surface area contributed by atoms with Gasteiger partial charge in [0, 0.05) is 12.2 Å². The zero-order valence-corrected chi connectivity index (χ0v) is 11.4. The molecule has 3 fully saturated rings. The van der Waals surface area contributed by atoms with Gasteiger partial charge in [0.15, 0.2) is 0 Å². The molecule has 1 aromatic rings. The van der Waals surface area contributed by atoms with Gasteiger partial charge in [-0.3, -0.25) is 9.78 Å². The summed E-state index contributed by atoms with van der Waals surface area (Å²) in [6, 6.07) is 5.65. The molecule has 0 radical (unpaired) electrons. The molecule has 4 heteroatoms. The van der Waals surface area contributed by atoms with Gasteiger partial charge in [0.2, 0.25) is 0 Å². The zero-order valence-electron chi connectivity index (χ0n) is 11.4. The number of piperidine rings is 1. The van der Waals surface area contributed by atoms with E-state index in [-0.39, 0.29) is 17.5 Å². The monoisotopic (exact) mass is 260 g/mol. The predicted molar refractivity (Wildman–Crippen MR) is 71.6 cm³/mol. The van der Waals surface area contributed by atoms with E-state index >= 15 is 0 Å². The smallest absolute Gasteiger partial charge is 0.273 e. The first-order valence-corrected chi connectivity index (χ1v) is 6.97. The van der Waals surface area contributed by atoms with Crippen molar-refractivity contribution in [2.75, 3.05) is 0 Å². The van der Waals surface area contributed by atoms with Crippen molar-refractivity contribution >= 4 is 5.91 Å². The molecule has 3 heterocycles. The number of hydrogen-bond donors (Lipinski definition) is 1. The summed E-state index contributed by atoms with van der Waals surface area (Å²) in [7, 11) is 0. The van der Waals surface area contributed by atoms with Crippen LogP contribution in [0.4, 0.5) is 0 Å². The molecule has 4 rings (SSSR count). The highest BCUT2D eigenvalue weighted by Crippen LogP contribution is 2.51. The van der Waals surface area contributed by atoms with Gasteiger partial charge in [0.25, 0.3) is 5.91 Å². The summed E-state index contributed by atoms with van der Waals surface area (Å²) in [6.07, 6.45) is 4.00. The Bertz CT molecular complexity index is 488. The fraction of sp³-hybridized carbons (Fsp3) is 0.600. The Kier molecular flexibility index (Phi) is 2.86. The number of carbonyl (C=O) groups is 1. The molecule has 19 heavy (non-hydrogen) atoms. The number of aliphatic hydroxyl groups excluding tert-OH is 1. The zero-order chi connectivity index (χ0) is 13.6. The van der Waals surface area contributed by atoms with Crippen LogP contribution >= 0.6 is 0 Å². The molecule has 1 N–H and O–H groups in total. The highest BCUT2D eigenvalue weighted by molar-refractivity contribution is 5.94. The van der Waals surface area contributed by atoms with Gasteiger partial charge in [-0.15, -0.1) is 0 Å². The average Bonchev–Trinajstić information content (AvgIpc) is 2.38. The van der Waals surface area contributed by atoms with E-state index in [4.69, 9.17) is 0 Å². The number of hydrogen-bond acceptors (Lipinski definition) is 3. The number of rotatable bonds is 2. The molecule has 1 saturated carbocycles. The van der Waals surface area contributed by atoms with Gasteiger partial charge in [-0.25, -0.2) is 0 Å². The third kappa shape index (κ3) is 1.77. The lowest BCUT2D eigenvalue weighted by atomic mass is 9.62. The lowest BCUT2D eigenvalue weighted by Crippen LogP contribution is -2.75. The van der Waals surface area contributed by atoms with Crippen molar-refractivity contribution in [1.82, 2.24) is 9.88 Å². The lowest BCUT2D eigenvalue weighted by Gasteiger charge is -2.64. The van der Waals surface area contributed by atoms with E-state index in [0.29, 0.717) is 11.6 Å². The van der Waals surface area contributed by atoms with Crippen LogP contribution in [0, 0.1) is 5.92 Å². The minimum Gasteiger partial charge on any atom is -0.391 e. The maximum Gasteiger partial charge on any atom is 0.273 e. The van der Waals surface area contributed by atoms with Crippen molar-refractivity contribution in [2.45, 2.75) is 50.8 Å². The Labute approximate surface area is 113 Å². The molecule has 2 bridgehead atoms. The number of nitrogens with zero attached hydrogens (tertiary/aromatic N) is 2. The summed E-state index contributed by atoms with van der Waals surface area (Å²) < 4.78 is 0. The van der Waals surface area contributed by atoms with Crippen molar-refractivity contribution in [3.8, 4) is 0 Å². The van der Waals surface area contributed by atoms with Crippen LogP contribution in [0.15, 0.2) is 24.4 Å². The molecule has 1 aliphatic carbocycles. The van der Waals surface area contributed by atoms with Crippen molar-refractivity contribution in [1.29, 1.82) is 0 Å². The summed E-state index contributed by atoms with van der Waals surface area (Å²) in [5, 5.41) is 10.1. The number of carbonyl (C=O) groups excluding carboxylic acids is 1. The van der Waals surface area contributed by atoms with Gasteiger partial charge >= 0.3 is 0 Å². The molecular weight excluding hydrogens is 240 g/mol. The Morgan fingerprint density at radius 2 is 2.32 bits per heavy atom. The molecule has 4 atom stereocenters. The van der Waals surface area contributed by atoms with Gasteiger partial charge in [-0.05, 0) is 44.2 Å². The molecule has 3 aliphatic rings. The molecule has 4 unspecified atom stereocenters. The largest absolute Gasteiger partial charge is 0.391 e. The Balaban J connectivity index is 1.91. The number of aromatic nitrogens is 1. The fourth-order valence-corrected chi connectivity index (χ4v) is 3.89. The first-order chi connectivity index (χ1) is 9.04. The molecule has 102 valence electrons. The molecular formula is C15H20N2O2. The molecule has 0 spiro atoms. The predicted octanol–water partition coefficient (Wildman–Crippen LogP) is 1.85. The second-order valence-electron chi connectivity index (χ2n) is 6.07. The normalized spacial score (nSPS) is 34.6. The lowest BCUT2D eigenvalue weighted by molar-refractivity contribution is -0.152. The van der Waals surface area contributed by atoms with E-state index in [0.717, 1.165) is 19.3 Å². The van der Waals surface area contributed by atoms with Gasteiger partial charge in [-0.1, -0.05) is 13.0 Å². The van der Waals surface area contributed by atoms with Crippen LogP contribution in [0.5, 0.6) is 0 Å². The van der Waals surface area contributed by atoms with E-state index in [1.54, 1.807) is 25.3 Å². The van der Waals surface area contributed by atoms with Crippen molar-refractivity contribution in [3.63, 3.8) is 0 Å². The van der Waals surface area contributed by atoms with Crippen LogP contribution in [0.25, 0.3) is 0 Å². The van der Waals surface area contributed by atoms with E-state index in [9.17, 15) is 9.90 Å². The maximum absolute atomic E-state index is 12.6. The summed E-state index contributed by atoms with van der Waals surface area (Å²) in [4.78, 5) is 18.6. The Morgan fingerprint density at radius 1 is 1.53 bits per heavy atom. The molecule has 1 amide bonds. The Hall–Kier alpha value is -1.42. The van der Waals surface area contributed by atoms with Gasteiger partial charge < -0.3 is 10.0 Å². The average molecular weight is 260 g/mol. The van der Waals surface area contributed by atoms with Gasteiger partial charge in [0.1, 0.15) is 5.69 Å². The first kappa shape index (κ1) is 12.6. The minimum atomic E-state index is -0.487. The summed E-state index contributed by atoms with van der Waals surface area (Å²) in [6.45, 7) is 4.00. The van der Waals surface area contributed by atoms with Gasteiger partial charge in [-0.2, -0.15) is 0 Å². The van der Waals surface area contributed by atoms with Crippen LogP contribution in [0.1, 0.15) is 43.6 Å². The van der Waals surface area contributed by atoms with Crippen molar-refractivity contribution < 1.29 is 9.90 Å². The number of fused-ring (bicyclic) bond motifs is 2. The third-order valence-electron chi connectivity index (χ3n) is 4.69. The van der Waals surface area contributed by atoms with Crippen LogP contribution in [0.3, 0.4) is 0 Å². The summed E-state index contributed by atoms with van der Waals surface area (Å²) in [5.41, 5.74) is 0.114. The van der Waals surface area contributed by atoms with Crippen molar-refractivity contribution in [2.24, 2.45) is 5.92 Å². The number of aliphatic hydroxyl groups is 1. The van der Waals surface area contributed by atoms with E-state index in [2.05, 4.69) is 11.9 Å². The van der Waals surface area contributed by atoms with E-state index in [1.165, 1.54) is 0 Å². The topological polar surface area (TPSA) is 53.4 Å². The molecule has 4 nitrogen and oxygen atoms in total. The SMILES string of the molecule is CC1CC2CC(C(C)O)(C1)N2C(=O)c1ccccn1. The number of amides is 1. The maximum atomic E-state index is 12.6. The van der Waals surface area contributed by atoms with E-state index < -0.39 is 6.10 Å². The standard InChI is InChI=1S/C15H20N2O2/c1-10-7-12-9-15(8-10,11(2)18)17(12)14(19)13-5-3-4-6-16-13/h3-6,10-12,18H,7-9H2,1-2H3. The minimum absolute atomic E-state index is 0.0374. The molecule has 2 saturated heterocycles. The third-order valence-corrected chi connectivity index (χ3v) is 4.69. The van der Waals surface area contributed by atoms with Crippen LogP contribution < -0.4 is 0 Å². The second-order valence-corrected chi connectivity index (χ2v) is 6.07. The highest BCUT2D eigenvalue weighted by atomic mass is 16.3. The fourth-order valence-electron chi connectivity index (χ4n) is 3.89. The quantitative estimate of drug-likeness (QED) is 0.883. The second kappa shape index (κ2) is 4.30. The summed E-state index contributed by atoms with van der Waals surface area (Å²) in [5.74, 6) is 0.533. The highest BCUT2D eigenvalue weighted by Gasteiger charge is 2.60. The van der Waals surface area contributed by atoms with Crippen LogP contribution in [-0.2, 0) is 0 Å². The molecule has 1 aromatic heterocycles. The number of pyridine rings is 1. The van der Waals surface area contributed by atoms with Crippen molar-refractivity contribution in [3.05, 3.63) is 30.1 Å². The molecule has 0 aromatic carbocycles. The van der Waals surface area contributed by atoms with E-state index in [1.807, 2.05) is 11.0 Å².